The van der Waals surface area contributed by atoms with E-state index >= 15 is 0 Å². The molecular formula is C11H5Br2Cl2FS. The van der Waals surface area contributed by atoms with Gasteiger partial charge in [-0.05, 0) is 45.8 Å². The van der Waals surface area contributed by atoms with E-state index in [1.165, 1.54) is 23.5 Å². The number of rotatable bonds is 2. The molecule has 90 valence electrons. The highest BCUT2D eigenvalue weighted by molar-refractivity contribution is 9.10. The van der Waals surface area contributed by atoms with Crippen molar-refractivity contribution in [3.05, 3.63) is 53.8 Å². The molecule has 0 spiro atoms. The van der Waals surface area contributed by atoms with E-state index in [-0.39, 0.29) is 5.82 Å². The monoisotopic (exact) mass is 416 g/mol. The fraction of sp³-hybridized carbons (Fsp3) is 0.0909. The maximum absolute atomic E-state index is 13.3. The minimum absolute atomic E-state index is 0.318. The summed E-state index contributed by atoms with van der Waals surface area (Å²) in [6, 6.07) is 6.46. The van der Waals surface area contributed by atoms with Gasteiger partial charge in [0, 0.05) is 13.8 Å². The normalized spacial score (nSPS) is 12.8. The highest BCUT2D eigenvalue weighted by atomic mass is 79.9. The van der Waals surface area contributed by atoms with E-state index in [1.807, 2.05) is 6.07 Å². The average molecular weight is 419 g/mol. The van der Waals surface area contributed by atoms with Crippen LogP contribution in [0.1, 0.15) is 15.8 Å². The van der Waals surface area contributed by atoms with Crippen LogP contribution in [0.3, 0.4) is 0 Å². The molecule has 1 unspecified atom stereocenters. The van der Waals surface area contributed by atoms with Crippen molar-refractivity contribution in [3.8, 4) is 0 Å². The Labute approximate surface area is 129 Å². The Balaban J connectivity index is 2.39. The van der Waals surface area contributed by atoms with Gasteiger partial charge in [0.15, 0.2) is 0 Å². The molecule has 6 heteroatoms. The molecule has 0 aliphatic heterocycles. The maximum Gasteiger partial charge on any atom is 0.124 e. The van der Waals surface area contributed by atoms with E-state index in [9.17, 15) is 4.39 Å². The second kappa shape index (κ2) is 5.57. The molecule has 0 radical (unpaired) electrons. The molecule has 0 nitrogen and oxygen atoms in total. The van der Waals surface area contributed by atoms with Crippen LogP contribution in [0.15, 0.2) is 33.2 Å². The van der Waals surface area contributed by atoms with Crippen LogP contribution in [-0.2, 0) is 0 Å². The first-order valence-electron chi connectivity index (χ1n) is 4.52. The summed E-state index contributed by atoms with van der Waals surface area (Å²) >= 11 is 20.2. The van der Waals surface area contributed by atoms with Crippen molar-refractivity contribution < 1.29 is 4.39 Å². The van der Waals surface area contributed by atoms with Crippen molar-refractivity contribution in [2.24, 2.45) is 0 Å². The quantitative estimate of drug-likeness (QED) is 0.495. The molecule has 0 saturated carbocycles. The van der Waals surface area contributed by atoms with Gasteiger partial charge in [-0.3, -0.25) is 0 Å². The maximum atomic E-state index is 13.3. The van der Waals surface area contributed by atoms with E-state index in [0.29, 0.717) is 14.4 Å². The molecule has 0 saturated heterocycles. The first-order chi connectivity index (χ1) is 7.97. The highest BCUT2D eigenvalue weighted by Gasteiger charge is 2.16. The van der Waals surface area contributed by atoms with Crippen molar-refractivity contribution >= 4 is 66.4 Å². The largest absolute Gasteiger partial charge is 0.207 e. The molecule has 1 aromatic heterocycles. The number of alkyl halides is 1. The van der Waals surface area contributed by atoms with Gasteiger partial charge in [-0.1, -0.05) is 27.5 Å². The zero-order chi connectivity index (χ0) is 12.6. The lowest BCUT2D eigenvalue weighted by Gasteiger charge is -2.08. The van der Waals surface area contributed by atoms with E-state index in [1.54, 1.807) is 6.07 Å². The minimum Gasteiger partial charge on any atom is -0.207 e. The molecule has 2 aromatic rings. The summed E-state index contributed by atoms with van der Waals surface area (Å²) in [5.74, 6) is -0.318. The molecule has 0 amide bonds. The van der Waals surface area contributed by atoms with Crippen LogP contribution < -0.4 is 0 Å². The van der Waals surface area contributed by atoms with Gasteiger partial charge >= 0.3 is 0 Å². The number of halogens is 5. The second-order valence-corrected chi connectivity index (χ2v) is 7.23. The Morgan fingerprint density at radius 1 is 1.18 bits per heavy atom. The van der Waals surface area contributed by atoms with Crippen molar-refractivity contribution in [1.29, 1.82) is 0 Å². The van der Waals surface area contributed by atoms with Gasteiger partial charge in [0.25, 0.3) is 0 Å². The summed E-state index contributed by atoms with van der Waals surface area (Å²) in [5.41, 5.74) is 0.698. The second-order valence-electron chi connectivity index (χ2n) is 3.34. The summed E-state index contributed by atoms with van der Waals surface area (Å²) in [5, 5.41) is -0.407. The third kappa shape index (κ3) is 3.24. The molecular weight excluding hydrogens is 414 g/mol. The van der Waals surface area contributed by atoms with Crippen molar-refractivity contribution in [3.63, 3.8) is 0 Å². The third-order valence-corrected chi connectivity index (χ3v) is 5.71. The van der Waals surface area contributed by atoms with Crippen LogP contribution in [-0.4, -0.2) is 0 Å². The summed E-state index contributed by atoms with van der Waals surface area (Å²) < 4.78 is 15.4. The summed E-state index contributed by atoms with van der Waals surface area (Å²) in [6.07, 6.45) is 0. The molecule has 2 rings (SSSR count). The van der Waals surface area contributed by atoms with Crippen LogP contribution in [0.4, 0.5) is 4.39 Å². The predicted octanol–water partition coefficient (Wildman–Crippen LogP) is 6.39. The van der Waals surface area contributed by atoms with Gasteiger partial charge < -0.3 is 0 Å². The van der Waals surface area contributed by atoms with Crippen LogP contribution >= 0.6 is 66.4 Å². The number of thiophene rings is 1. The van der Waals surface area contributed by atoms with Crippen LogP contribution in [0.2, 0.25) is 4.34 Å². The van der Waals surface area contributed by atoms with Gasteiger partial charge in [-0.25, -0.2) is 4.39 Å². The van der Waals surface area contributed by atoms with Crippen molar-refractivity contribution in [1.82, 2.24) is 0 Å². The van der Waals surface area contributed by atoms with Crippen LogP contribution in [0, 0.1) is 5.82 Å². The fourth-order valence-corrected chi connectivity index (χ4v) is 3.92. The Bertz CT molecular complexity index is 517. The van der Waals surface area contributed by atoms with Crippen LogP contribution in [0.5, 0.6) is 0 Å². The zero-order valence-electron chi connectivity index (χ0n) is 8.18. The third-order valence-electron chi connectivity index (χ3n) is 2.09. The Morgan fingerprint density at radius 3 is 2.41 bits per heavy atom. The lowest BCUT2D eigenvalue weighted by molar-refractivity contribution is 0.625. The summed E-state index contributed by atoms with van der Waals surface area (Å²) in [4.78, 5) is 0.876. The van der Waals surface area contributed by atoms with Gasteiger partial charge in [0.2, 0.25) is 0 Å². The fourth-order valence-electron chi connectivity index (χ4n) is 1.37. The van der Waals surface area contributed by atoms with E-state index in [4.69, 9.17) is 23.2 Å². The Kier molecular flexibility index (Phi) is 4.53. The van der Waals surface area contributed by atoms with Gasteiger partial charge in [0.1, 0.15) is 10.2 Å². The predicted molar refractivity (Wildman–Crippen MR) is 78.8 cm³/mol. The molecule has 1 aromatic carbocycles. The molecule has 0 bridgehead atoms. The highest BCUT2D eigenvalue weighted by Crippen LogP contribution is 2.40. The topological polar surface area (TPSA) is 0 Å². The molecule has 1 heterocycles. The number of hydrogen-bond donors (Lipinski definition) is 0. The number of hydrogen-bond acceptors (Lipinski definition) is 1. The van der Waals surface area contributed by atoms with E-state index in [2.05, 4.69) is 31.9 Å². The Hall–Kier alpha value is 0.390. The molecule has 1 atom stereocenters. The van der Waals surface area contributed by atoms with Crippen molar-refractivity contribution in [2.75, 3.05) is 0 Å². The SMILES string of the molecule is Fc1cc(Br)cc(C(Cl)c2cc(Br)c(Cl)s2)c1. The first kappa shape index (κ1) is 13.8. The smallest absolute Gasteiger partial charge is 0.124 e. The van der Waals surface area contributed by atoms with E-state index < -0.39 is 5.38 Å². The Morgan fingerprint density at radius 2 is 1.88 bits per heavy atom. The number of benzene rings is 1. The molecule has 0 fully saturated rings. The van der Waals surface area contributed by atoms with Gasteiger partial charge in [-0.15, -0.1) is 22.9 Å². The van der Waals surface area contributed by atoms with Crippen molar-refractivity contribution in [2.45, 2.75) is 5.38 Å². The zero-order valence-corrected chi connectivity index (χ0v) is 13.7. The van der Waals surface area contributed by atoms with Gasteiger partial charge in [0.05, 0.1) is 5.38 Å². The summed E-state index contributed by atoms with van der Waals surface area (Å²) in [6.45, 7) is 0. The summed E-state index contributed by atoms with van der Waals surface area (Å²) in [7, 11) is 0. The average Bonchev–Trinajstić information content (AvgIpc) is 2.57. The lowest BCUT2D eigenvalue weighted by Crippen LogP contribution is -1.91. The molecule has 0 aliphatic rings. The van der Waals surface area contributed by atoms with Crippen LogP contribution in [0.25, 0.3) is 0 Å². The van der Waals surface area contributed by atoms with E-state index in [0.717, 1.165) is 9.35 Å². The molecule has 17 heavy (non-hydrogen) atoms. The minimum atomic E-state index is -0.407. The first-order valence-corrected chi connectivity index (χ1v) is 7.74. The molecule has 0 N–H and O–H groups in total. The lowest BCUT2D eigenvalue weighted by atomic mass is 10.1. The standard InChI is InChI=1S/C11H5Br2Cl2FS/c12-6-1-5(2-7(16)3-6)10(14)9-4-8(13)11(15)17-9/h1-4,10H. The molecule has 0 aliphatic carbocycles. The van der Waals surface area contributed by atoms with Gasteiger partial charge in [-0.2, -0.15) is 0 Å².